The third-order valence-electron chi connectivity index (χ3n) is 4.28. The first-order valence-corrected chi connectivity index (χ1v) is 7.91. The molecular weight excluding hydrogens is 262 g/mol. The average Bonchev–Trinajstić information content (AvgIpc) is 2.53. The van der Waals surface area contributed by atoms with E-state index in [2.05, 4.69) is 24.1 Å². The molecule has 0 radical (unpaired) electrons. The zero-order valence-corrected chi connectivity index (χ0v) is 13.1. The van der Waals surface area contributed by atoms with E-state index >= 15 is 0 Å². The summed E-state index contributed by atoms with van der Waals surface area (Å²) in [4.78, 5) is 14.6. The van der Waals surface area contributed by atoms with Gasteiger partial charge in [-0.25, -0.2) is 0 Å². The van der Waals surface area contributed by atoms with Crippen molar-refractivity contribution in [3.05, 3.63) is 35.4 Å². The monoisotopic (exact) mass is 289 g/mol. The SMILES string of the molecule is CC(C)N1CCCC(CNC(=O)c2ccc(CN)cc2)C1. The molecule has 1 heterocycles. The van der Waals surface area contributed by atoms with E-state index in [-0.39, 0.29) is 5.91 Å². The van der Waals surface area contributed by atoms with E-state index in [0.29, 0.717) is 24.1 Å². The highest BCUT2D eigenvalue weighted by molar-refractivity contribution is 5.94. The molecule has 0 aliphatic carbocycles. The van der Waals surface area contributed by atoms with Crippen LogP contribution in [0.15, 0.2) is 24.3 Å². The lowest BCUT2D eigenvalue weighted by molar-refractivity contribution is 0.0922. The number of rotatable bonds is 5. The van der Waals surface area contributed by atoms with Gasteiger partial charge in [-0.1, -0.05) is 12.1 Å². The van der Waals surface area contributed by atoms with Gasteiger partial charge in [0, 0.05) is 31.2 Å². The van der Waals surface area contributed by atoms with E-state index in [1.54, 1.807) is 0 Å². The lowest BCUT2D eigenvalue weighted by atomic mass is 9.97. The van der Waals surface area contributed by atoms with Crippen molar-refractivity contribution in [3.8, 4) is 0 Å². The molecule has 0 bridgehead atoms. The number of benzene rings is 1. The molecule has 1 aromatic carbocycles. The van der Waals surface area contributed by atoms with Gasteiger partial charge in [-0.15, -0.1) is 0 Å². The van der Waals surface area contributed by atoms with E-state index in [1.165, 1.54) is 19.4 Å². The molecular formula is C17H27N3O. The number of likely N-dealkylation sites (tertiary alicyclic amines) is 1. The second-order valence-corrected chi connectivity index (χ2v) is 6.21. The van der Waals surface area contributed by atoms with Gasteiger partial charge in [0.1, 0.15) is 0 Å². The summed E-state index contributed by atoms with van der Waals surface area (Å²) < 4.78 is 0. The molecule has 21 heavy (non-hydrogen) atoms. The zero-order valence-electron chi connectivity index (χ0n) is 13.1. The van der Waals surface area contributed by atoms with Crippen LogP contribution in [0.3, 0.4) is 0 Å². The third kappa shape index (κ3) is 4.55. The summed E-state index contributed by atoms with van der Waals surface area (Å²) in [6, 6.07) is 8.11. The van der Waals surface area contributed by atoms with Crippen LogP contribution in [0.25, 0.3) is 0 Å². The topological polar surface area (TPSA) is 58.4 Å². The fraction of sp³-hybridized carbons (Fsp3) is 0.588. The van der Waals surface area contributed by atoms with Gasteiger partial charge in [0.2, 0.25) is 0 Å². The number of hydrogen-bond acceptors (Lipinski definition) is 3. The summed E-state index contributed by atoms with van der Waals surface area (Å²) in [5.74, 6) is 0.577. The molecule has 1 aliphatic heterocycles. The average molecular weight is 289 g/mol. The maximum absolute atomic E-state index is 12.1. The fourth-order valence-corrected chi connectivity index (χ4v) is 2.86. The van der Waals surface area contributed by atoms with Crippen molar-refractivity contribution in [1.29, 1.82) is 0 Å². The van der Waals surface area contributed by atoms with Gasteiger partial charge in [-0.3, -0.25) is 4.79 Å². The minimum Gasteiger partial charge on any atom is -0.352 e. The molecule has 3 N–H and O–H groups in total. The number of nitrogens with two attached hydrogens (primary N) is 1. The quantitative estimate of drug-likeness (QED) is 0.871. The smallest absolute Gasteiger partial charge is 0.251 e. The lowest BCUT2D eigenvalue weighted by Crippen LogP contribution is -2.43. The molecule has 1 aliphatic rings. The number of nitrogens with zero attached hydrogens (tertiary/aromatic N) is 1. The van der Waals surface area contributed by atoms with Crippen molar-refractivity contribution >= 4 is 5.91 Å². The molecule has 4 heteroatoms. The Labute approximate surface area is 127 Å². The third-order valence-corrected chi connectivity index (χ3v) is 4.28. The molecule has 1 fully saturated rings. The summed E-state index contributed by atoms with van der Waals surface area (Å²) in [5.41, 5.74) is 7.32. The number of amides is 1. The molecule has 1 atom stereocenters. The molecule has 1 amide bonds. The lowest BCUT2D eigenvalue weighted by Gasteiger charge is -2.35. The van der Waals surface area contributed by atoms with Gasteiger partial charge in [-0.05, 0) is 56.8 Å². The Bertz CT molecular complexity index is 456. The van der Waals surface area contributed by atoms with E-state index in [0.717, 1.165) is 18.7 Å². The number of carbonyl (C=O) groups excluding carboxylic acids is 1. The van der Waals surface area contributed by atoms with Crippen LogP contribution in [0.4, 0.5) is 0 Å². The van der Waals surface area contributed by atoms with Crippen molar-refractivity contribution in [1.82, 2.24) is 10.2 Å². The van der Waals surface area contributed by atoms with Crippen molar-refractivity contribution in [2.45, 2.75) is 39.3 Å². The van der Waals surface area contributed by atoms with Gasteiger partial charge in [-0.2, -0.15) is 0 Å². The van der Waals surface area contributed by atoms with Crippen LogP contribution in [0.2, 0.25) is 0 Å². The van der Waals surface area contributed by atoms with Gasteiger partial charge >= 0.3 is 0 Å². The highest BCUT2D eigenvalue weighted by atomic mass is 16.1. The predicted molar refractivity (Wildman–Crippen MR) is 86.1 cm³/mol. The summed E-state index contributed by atoms with van der Waals surface area (Å²) in [6.45, 7) is 8.02. The Hall–Kier alpha value is -1.39. The number of piperidine rings is 1. The van der Waals surface area contributed by atoms with E-state index in [9.17, 15) is 4.79 Å². The standard InChI is InChI=1S/C17H27N3O/c1-13(2)20-9-3-4-15(12-20)11-19-17(21)16-7-5-14(10-18)6-8-16/h5-8,13,15H,3-4,9-12,18H2,1-2H3,(H,19,21). The van der Waals surface area contributed by atoms with Crippen LogP contribution in [-0.2, 0) is 6.54 Å². The van der Waals surface area contributed by atoms with E-state index < -0.39 is 0 Å². The Balaban J connectivity index is 1.82. The molecule has 0 aromatic heterocycles. The van der Waals surface area contributed by atoms with Crippen molar-refractivity contribution in [2.75, 3.05) is 19.6 Å². The normalized spacial score (nSPS) is 19.7. The summed E-state index contributed by atoms with van der Waals surface area (Å²) in [7, 11) is 0. The highest BCUT2D eigenvalue weighted by Crippen LogP contribution is 2.17. The van der Waals surface area contributed by atoms with Crippen LogP contribution in [0.5, 0.6) is 0 Å². The Morgan fingerprint density at radius 2 is 2.10 bits per heavy atom. The second-order valence-electron chi connectivity index (χ2n) is 6.21. The molecule has 1 unspecified atom stereocenters. The number of nitrogens with one attached hydrogen (secondary N) is 1. The van der Waals surface area contributed by atoms with E-state index in [1.807, 2.05) is 24.3 Å². The van der Waals surface area contributed by atoms with Crippen LogP contribution >= 0.6 is 0 Å². The number of hydrogen-bond donors (Lipinski definition) is 2. The minimum absolute atomic E-state index is 0.0141. The van der Waals surface area contributed by atoms with Crippen molar-refractivity contribution in [3.63, 3.8) is 0 Å². The summed E-state index contributed by atoms with van der Waals surface area (Å²) >= 11 is 0. The van der Waals surface area contributed by atoms with Crippen LogP contribution in [-0.4, -0.2) is 36.5 Å². The summed E-state index contributed by atoms with van der Waals surface area (Å²) in [6.07, 6.45) is 2.43. The number of carbonyl (C=O) groups is 1. The van der Waals surface area contributed by atoms with E-state index in [4.69, 9.17) is 5.73 Å². The molecule has 1 saturated heterocycles. The van der Waals surface area contributed by atoms with Crippen molar-refractivity contribution < 1.29 is 4.79 Å². The van der Waals surface area contributed by atoms with Gasteiger partial charge in [0.25, 0.3) is 5.91 Å². The van der Waals surface area contributed by atoms with Crippen LogP contribution < -0.4 is 11.1 Å². The molecule has 0 spiro atoms. The maximum Gasteiger partial charge on any atom is 0.251 e. The van der Waals surface area contributed by atoms with Gasteiger partial charge in [0.15, 0.2) is 0 Å². The first-order chi connectivity index (χ1) is 10.1. The van der Waals surface area contributed by atoms with Gasteiger partial charge < -0.3 is 16.0 Å². The molecule has 2 rings (SSSR count). The maximum atomic E-state index is 12.1. The molecule has 116 valence electrons. The minimum atomic E-state index is 0.0141. The first kappa shape index (κ1) is 16.0. The predicted octanol–water partition coefficient (Wildman–Crippen LogP) is 2.00. The Morgan fingerprint density at radius 1 is 1.38 bits per heavy atom. The Morgan fingerprint density at radius 3 is 2.71 bits per heavy atom. The first-order valence-electron chi connectivity index (χ1n) is 7.91. The van der Waals surface area contributed by atoms with Crippen LogP contribution in [0, 0.1) is 5.92 Å². The van der Waals surface area contributed by atoms with Crippen molar-refractivity contribution in [2.24, 2.45) is 11.7 Å². The van der Waals surface area contributed by atoms with Crippen LogP contribution in [0.1, 0.15) is 42.6 Å². The molecule has 0 saturated carbocycles. The molecule has 1 aromatic rings. The fourth-order valence-electron chi connectivity index (χ4n) is 2.86. The second kappa shape index (κ2) is 7.57. The van der Waals surface area contributed by atoms with Gasteiger partial charge in [0.05, 0.1) is 0 Å². The molecule has 4 nitrogen and oxygen atoms in total. The highest BCUT2D eigenvalue weighted by Gasteiger charge is 2.22. The largest absolute Gasteiger partial charge is 0.352 e. The summed E-state index contributed by atoms with van der Waals surface area (Å²) in [5, 5.41) is 3.07. The Kier molecular flexibility index (Phi) is 5.76. The zero-order chi connectivity index (χ0) is 15.2.